The summed E-state index contributed by atoms with van der Waals surface area (Å²) in [7, 11) is 0. The summed E-state index contributed by atoms with van der Waals surface area (Å²) in [6, 6.07) is 9.00. The number of nitrogens with zero attached hydrogens (tertiary/aromatic N) is 4. The van der Waals surface area contributed by atoms with Crippen LogP contribution in [0.3, 0.4) is 0 Å². The largest absolute Gasteiger partial charge is 0.494 e. The Kier molecular flexibility index (Phi) is 5.57. The summed E-state index contributed by atoms with van der Waals surface area (Å²) in [5.41, 5.74) is 0.661. The van der Waals surface area contributed by atoms with Gasteiger partial charge in [0.2, 0.25) is 5.88 Å². The van der Waals surface area contributed by atoms with E-state index in [1.54, 1.807) is 18.3 Å². The number of carboxylic acid groups (broad SMARTS) is 1. The van der Waals surface area contributed by atoms with Crippen molar-refractivity contribution in [3.05, 3.63) is 56.0 Å². The van der Waals surface area contributed by atoms with Gasteiger partial charge >= 0.3 is 6.09 Å². The summed E-state index contributed by atoms with van der Waals surface area (Å²) >= 11 is 2.15. The maximum Gasteiger partial charge on any atom is 0.407 e. The van der Waals surface area contributed by atoms with Crippen LogP contribution in [0.1, 0.15) is 5.56 Å². The normalized spacial score (nSPS) is 14.6. The Morgan fingerprint density at radius 3 is 2.60 bits per heavy atom. The topological polar surface area (TPSA) is 122 Å². The second kappa shape index (κ2) is 8.30. The van der Waals surface area contributed by atoms with E-state index in [-0.39, 0.29) is 11.4 Å². The molecule has 0 aliphatic carbocycles. The molecule has 1 aromatic carbocycles. The van der Waals surface area contributed by atoms with Gasteiger partial charge in [-0.1, -0.05) is 0 Å². The van der Waals surface area contributed by atoms with E-state index in [2.05, 4.69) is 37.6 Å². The number of aromatic nitrogens is 2. The molecule has 0 saturated carbocycles. The van der Waals surface area contributed by atoms with Gasteiger partial charge < -0.3 is 20.0 Å². The number of aromatic amines is 1. The summed E-state index contributed by atoms with van der Waals surface area (Å²) in [6.07, 6.45) is 2.22. The molecule has 2 aromatic heterocycles. The second-order valence-electron chi connectivity index (χ2n) is 6.80. The molecule has 30 heavy (non-hydrogen) atoms. The molecule has 0 radical (unpaired) electrons. The van der Waals surface area contributed by atoms with Crippen LogP contribution in [0.15, 0.2) is 46.3 Å². The molecule has 0 bridgehead atoms. The van der Waals surface area contributed by atoms with Gasteiger partial charge in [0, 0.05) is 46.7 Å². The number of rotatable bonds is 3. The molecule has 3 heterocycles. The first-order chi connectivity index (χ1) is 14.4. The highest BCUT2D eigenvalue weighted by atomic mass is 127. The van der Waals surface area contributed by atoms with E-state index < -0.39 is 6.09 Å². The molecule has 1 saturated heterocycles. The van der Waals surface area contributed by atoms with Crippen LogP contribution in [0.4, 0.5) is 16.3 Å². The van der Waals surface area contributed by atoms with E-state index in [1.165, 1.54) is 11.1 Å². The molecule has 0 spiro atoms. The average Bonchev–Trinajstić information content (AvgIpc) is 2.74. The first kappa shape index (κ1) is 20.1. The van der Waals surface area contributed by atoms with Gasteiger partial charge in [0.25, 0.3) is 5.56 Å². The minimum absolute atomic E-state index is 0.237. The molecule has 9 nitrogen and oxygen atoms in total. The molecule has 3 N–H and O–H groups in total. The molecule has 1 fully saturated rings. The number of aromatic hydroxyl groups is 1. The number of anilines is 1. The van der Waals surface area contributed by atoms with E-state index in [4.69, 9.17) is 5.11 Å². The van der Waals surface area contributed by atoms with Crippen molar-refractivity contribution in [3.63, 3.8) is 0 Å². The van der Waals surface area contributed by atoms with Crippen LogP contribution in [-0.2, 0) is 0 Å². The van der Waals surface area contributed by atoms with Gasteiger partial charge in [-0.3, -0.25) is 14.8 Å². The average molecular weight is 519 g/mol. The number of hydrogen-bond donors (Lipinski definition) is 3. The van der Waals surface area contributed by atoms with Crippen LogP contribution in [0.2, 0.25) is 0 Å². The van der Waals surface area contributed by atoms with Crippen LogP contribution in [0.25, 0.3) is 10.8 Å². The van der Waals surface area contributed by atoms with Gasteiger partial charge in [0.1, 0.15) is 5.82 Å². The number of nitrogens with one attached hydrogen (secondary N) is 1. The molecule has 1 aliphatic heterocycles. The van der Waals surface area contributed by atoms with Crippen LogP contribution < -0.4 is 10.5 Å². The number of piperazine rings is 1. The third-order valence-electron chi connectivity index (χ3n) is 4.95. The van der Waals surface area contributed by atoms with Gasteiger partial charge in [-0.15, -0.1) is 0 Å². The molecule has 4 rings (SSSR count). The standard InChI is InChI=1S/C20H18IN5O4/c21-12-1-3-14-15(9-12)16(19(28)24-18(14)27)11-22-13-2-4-17(23-10-13)25-5-7-26(8-6-25)20(29)30/h1-4,9-11H,5-8H2,(H,29,30)(H2,24,27,28). The molecule has 0 unspecified atom stereocenters. The number of H-pyrrole nitrogens is 1. The lowest BCUT2D eigenvalue weighted by Gasteiger charge is -2.33. The van der Waals surface area contributed by atoms with Crippen molar-refractivity contribution in [3.8, 4) is 5.88 Å². The zero-order chi connectivity index (χ0) is 21.3. The smallest absolute Gasteiger partial charge is 0.407 e. The van der Waals surface area contributed by atoms with Gasteiger partial charge in [0.05, 0.1) is 17.4 Å². The Bertz CT molecular complexity index is 1180. The van der Waals surface area contributed by atoms with Crippen molar-refractivity contribution in [2.45, 2.75) is 0 Å². The molecular formula is C20H18IN5O4. The first-order valence-corrected chi connectivity index (χ1v) is 10.3. The summed E-state index contributed by atoms with van der Waals surface area (Å²) in [6.45, 7) is 2.04. The second-order valence-corrected chi connectivity index (χ2v) is 8.04. The Labute approximate surface area is 184 Å². The molecule has 1 amide bonds. The third-order valence-corrected chi connectivity index (χ3v) is 5.62. The quantitative estimate of drug-likeness (QED) is 0.362. The zero-order valence-electron chi connectivity index (χ0n) is 15.7. The van der Waals surface area contributed by atoms with E-state index in [9.17, 15) is 14.7 Å². The van der Waals surface area contributed by atoms with Crippen molar-refractivity contribution in [1.29, 1.82) is 0 Å². The SMILES string of the molecule is O=C(O)N1CCN(c2ccc(N=Cc3c(O)[nH]c(=O)c4ccc(I)cc34)cn2)CC1. The highest BCUT2D eigenvalue weighted by molar-refractivity contribution is 14.1. The predicted molar refractivity (Wildman–Crippen MR) is 122 cm³/mol. The summed E-state index contributed by atoms with van der Waals surface area (Å²) < 4.78 is 0.939. The lowest BCUT2D eigenvalue weighted by molar-refractivity contribution is 0.142. The highest BCUT2D eigenvalue weighted by Gasteiger charge is 2.21. The van der Waals surface area contributed by atoms with E-state index in [0.29, 0.717) is 48.2 Å². The number of benzene rings is 1. The van der Waals surface area contributed by atoms with Crippen molar-refractivity contribution in [2.24, 2.45) is 4.99 Å². The van der Waals surface area contributed by atoms with E-state index >= 15 is 0 Å². The van der Waals surface area contributed by atoms with Gasteiger partial charge in [-0.05, 0) is 52.9 Å². The number of fused-ring (bicyclic) bond motifs is 1. The van der Waals surface area contributed by atoms with Crippen molar-refractivity contribution >= 4 is 57.2 Å². The summed E-state index contributed by atoms with van der Waals surface area (Å²) in [4.78, 5) is 37.7. The van der Waals surface area contributed by atoms with Gasteiger partial charge in [-0.25, -0.2) is 9.78 Å². The number of pyridine rings is 2. The lowest BCUT2D eigenvalue weighted by atomic mass is 10.1. The van der Waals surface area contributed by atoms with Crippen LogP contribution in [0.5, 0.6) is 5.88 Å². The Hall–Kier alpha value is -3.15. The fraction of sp³-hybridized carbons (Fsp3) is 0.200. The first-order valence-electron chi connectivity index (χ1n) is 9.20. The molecule has 10 heteroatoms. The minimum Gasteiger partial charge on any atom is -0.494 e. The van der Waals surface area contributed by atoms with Crippen molar-refractivity contribution < 1.29 is 15.0 Å². The summed E-state index contributed by atoms with van der Waals surface area (Å²) in [5, 5.41) is 20.3. The molecule has 1 aliphatic rings. The number of amides is 1. The van der Waals surface area contributed by atoms with Crippen LogP contribution in [-0.4, -0.2) is 63.6 Å². The predicted octanol–water partition coefficient (Wildman–Crippen LogP) is 2.78. The minimum atomic E-state index is -0.903. The molecule has 154 valence electrons. The maximum atomic E-state index is 12.1. The Morgan fingerprint density at radius 2 is 1.93 bits per heavy atom. The lowest BCUT2D eigenvalue weighted by Crippen LogP contribution is -2.48. The monoisotopic (exact) mass is 519 g/mol. The number of halogens is 1. The number of carbonyl (C=O) groups is 1. The number of aliphatic imine (C=N–C) groups is 1. The molecular weight excluding hydrogens is 501 g/mol. The Morgan fingerprint density at radius 1 is 1.17 bits per heavy atom. The fourth-order valence-electron chi connectivity index (χ4n) is 3.35. The Balaban J connectivity index is 1.55. The van der Waals surface area contributed by atoms with Gasteiger partial charge in [-0.2, -0.15) is 0 Å². The number of hydrogen-bond acceptors (Lipinski definition) is 6. The van der Waals surface area contributed by atoms with E-state index in [0.717, 1.165) is 9.39 Å². The maximum absolute atomic E-state index is 12.1. The van der Waals surface area contributed by atoms with Crippen molar-refractivity contribution in [2.75, 3.05) is 31.1 Å². The van der Waals surface area contributed by atoms with Crippen LogP contribution in [0, 0.1) is 3.57 Å². The highest BCUT2D eigenvalue weighted by Crippen LogP contribution is 2.24. The third kappa shape index (κ3) is 4.08. The molecule has 0 atom stereocenters. The molecule has 3 aromatic rings. The van der Waals surface area contributed by atoms with Gasteiger partial charge in [0.15, 0.2) is 0 Å². The van der Waals surface area contributed by atoms with E-state index in [1.807, 2.05) is 23.1 Å². The van der Waals surface area contributed by atoms with Crippen molar-refractivity contribution in [1.82, 2.24) is 14.9 Å². The fourth-order valence-corrected chi connectivity index (χ4v) is 3.84. The summed E-state index contributed by atoms with van der Waals surface area (Å²) in [5.74, 6) is 0.519. The van der Waals surface area contributed by atoms with Crippen LogP contribution >= 0.6 is 22.6 Å². The zero-order valence-corrected chi connectivity index (χ0v) is 17.9.